The van der Waals surface area contributed by atoms with Crippen LogP contribution >= 0.6 is 0 Å². The summed E-state index contributed by atoms with van der Waals surface area (Å²) in [6, 6.07) is 6.39. The molecule has 2 aliphatic rings. The van der Waals surface area contributed by atoms with Crippen LogP contribution in [0.5, 0.6) is 0 Å². The number of hydrogen-bond acceptors (Lipinski definition) is 4. The van der Waals surface area contributed by atoms with Gasteiger partial charge in [0.15, 0.2) is 0 Å². The number of nitrogens with zero attached hydrogens (tertiary/aromatic N) is 1. The van der Waals surface area contributed by atoms with E-state index in [9.17, 15) is 0 Å². The van der Waals surface area contributed by atoms with Gasteiger partial charge in [-0.25, -0.2) is 0 Å². The van der Waals surface area contributed by atoms with Crippen molar-refractivity contribution in [2.24, 2.45) is 0 Å². The molecule has 0 bridgehead atoms. The van der Waals surface area contributed by atoms with Gasteiger partial charge in [0.1, 0.15) is 0 Å². The van der Waals surface area contributed by atoms with Gasteiger partial charge in [0.2, 0.25) is 0 Å². The molecule has 3 rings (SSSR count). The molecule has 1 aromatic heterocycles. The molecule has 0 amide bonds. The SMILES string of the molecule is c1ccc(C2(C3COCCN3)COC2)nc1. The summed E-state index contributed by atoms with van der Waals surface area (Å²) in [7, 11) is 0. The molecule has 4 nitrogen and oxygen atoms in total. The normalized spacial score (nSPS) is 28.4. The summed E-state index contributed by atoms with van der Waals surface area (Å²) in [5.74, 6) is 0. The van der Waals surface area contributed by atoms with Gasteiger partial charge in [-0.3, -0.25) is 4.98 Å². The van der Waals surface area contributed by atoms with E-state index < -0.39 is 0 Å². The molecule has 0 aromatic carbocycles. The zero-order chi connectivity index (χ0) is 10.8. The van der Waals surface area contributed by atoms with E-state index in [1.54, 1.807) is 0 Å². The molecule has 0 radical (unpaired) electrons. The summed E-state index contributed by atoms with van der Waals surface area (Å²) >= 11 is 0. The number of nitrogens with one attached hydrogen (secondary N) is 1. The molecule has 16 heavy (non-hydrogen) atoms. The third kappa shape index (κ3) is 1.54. The summed E-state index contributed by atoms with van der Waals surface area (Å²) in [4.78, 5) is 4.47. The Morgan fingerprint density at radius 3 is 2.81 bits per heavy atom. The molecule has 0 spiro atoms. The van der Waals surface area contributed by atoms with Crippen molar-refractivity contribution in [3.63, 3.8) is 0 Å². The second-order valence-electron chi connectivity index (χ2n) is 4.45. The molecule has 3 heterocycles. The molecule has 1 N–H and O–H groups in total. The van der Waals surface area contributed by atoms with Gasteiger partial charge in [-0.15, -0.1) is 0 Å². The van der Waals surface area contributed by atoms with E-state index in [4.69, 9.17) is 9.47 Å². The van der Waals surface area contributed by atoms with E-state index in [0.717, 1.165) is 38.7 Å². The van der Waals surface area contributed by atoms with Gasteiger partial charge in [-0.1, -0.05) is 6.07 Å². The maximum absolute atomic E-state index is 5.54. The lowest BCUT2D eigenvalue weighted by molar-refractivity contribution is -0.103. The largest absolute Gasteiger partial charge is 0.379 e. The third-order valence-electron chi connectivity index (χ3n) is 3.48. The first-order valence-electron chi connectivity index (χ1n) is 5.72. The highest BCUT2D eigenvalue weighted by molar-refractivity contribution is 5.24. The van der Waals surface area contributed by atoms with Crippen molar-refractivity contribution in [1.29, 1.82) is 0 Å². The van der Waals surface area contributed by atoms with Gasteiger partial charge in [-0.05, 0) is 12.1 Å². The molecule has 2 saturated heterocycles. The lowest BCUT2D eigenvalue weighted by Gasteiger charge is -2.48. The first-order chi connectivity index (χ1) is 7.92. The molecular weight excluding hydrogens is 204 g/mol. The van der Waals surface area contributed by atoms with Crippen LogP contribution in [0.25, 0.3) is 0 Å². The van der Waals surface area contributed by atoms with Gasteiger partial charge in [0.25, 0.3) is 0 Å². The molecule has 0 saturated carbocycles. The lowest BCUT2D eigenvalue weighted by atomic mass is 9.75. The smallest absolute Gasteiger partial charge is 0.0767 e. The van der Waals surface area contributed by atoms with Gasteiger partial charge < -0.3 is 14.8 Å². The zero-order valence-electron chi connectivity index (χ0n) is 9.19. The molecule has 2 aliphatic heterocycles. The summed E-state index contributed by atoms with van der Waals surface area (Å²) in [6.45, 7) is 3.95. The number of aromatic nitrogens is 1. The highest BCUT2D eigenvalue weighted by atomic mass is 16.5. The van der Waals surface area contributed by atoms with E-state index >= 15 is 0 Å². The second kappa shape index (κ2) is 4.13. The standard InChI is InChI=1S/C12H16N2O2/c1-2-4-13-10(3-1)12(8-16-9-12)11-7-15-6-5-14-11/h1-4,11,14H,5-9H2. The van der Waals surface area contributed by atoms with E-state index in [-0.39, 0.29) is 5.41 Å². The zero-order valence-corrected chi connectivity index (χ0v) is 9.19. The molecule has 0 aliphatic carbocycles. The van der Waals surface area contributed by atoms with Crippen molar-refractivity contribution in [3.05, 3.63) is 30.1 Å². The van der Waals surface area contributed by atoms with Crippen LogP contribution in [0, 0.1) is 0 Å². The Morgan fingerprint density at radius 2 is 2.25 bits per heavy atom. The van der Waals surface area contributed by atoms with Crippen LogP contribution in [0.3, 0.4) is 0 Å². The van der Waals surface area contributed by atoms with E-state index in [0.29, 0.717) is 6.04 Å². The molecule has 1 unspecified atom stereocenters. The van der Waals surface area contributed by atoms with Gasteiger partial charge in [0.05, 0.1) is 37.5 Å². The fraction of sp³-hybridized carbons (Fsp3) is 0.583. The fourth-order valence-corrected chi connectivity index (χ4v) is 2.43. The Hall–Kier alpha value is -0.970. The van der Waals surface area contributed by atoms with Gasteiger partial charge >= 0.3 is 0 Å². The lowest BCUT2D eigenvalue weighted by Crippen LogP contribution is -2.64. The van der Waals surface area contributed by atoms with E-state index in [1.807, 2.05) is 18.3 Å². The molecule has 1 atom stereocenters. The van der Waals surface area contributed by atoms with Crippen molar-refractivity contribution < 1.29 is 9.47 Å². The maximum Gasteiger partial charge on any atom is 0.0767 e. The van der Waals surface area contributed by atoms with Crippen LogP contribution in [0.15, 0.2) is 24.4 Å². The molecule has 86 valence electrons. The van der Waals surface area contributed by atoms with Crippen LogP contribution in [-0.2, 0) is 14.9 Å². The second-order valence-corrected chi connectivity index (χ2v) is 4.45. The summed E-state index contributed by atoms with van der Waals surface area (Å²) in [6.07, 6.45) is 1.85. The number of pyridine rings is 1. The topological polar surface area (TPSA) is 43.4 Å². The van der Waals surface area contributed by atoms with Crippen LogP contribution in [0.2, 0.25) is 0 Å². The maximum atomic E-state index is 5.54. The van der Waals surface area contributed by atoms with Crippen LogP contribution in [0.1, 0.15) is 5.69 Å². The predicted molar refractivity (Wildman–Crippen MR) is 59.3 cm³/mol. The van der Waals surface area contributed by atoms with E-state index in [2.05, 4.69) is 16.4 Å². The van der Waals surface area contributed by atoms with Gasteiger partial charge in [-0.2, -0.15) is 0 Å². The van der Waals surface area contributed by atoms with Crippen LogP contribution in [0.4, 0.5) is 0 Å². The third-order valence-corrected chi connectivity index (χ3v) is 3.48. The Balaban J connectivity index is 1.87. The highest BCUT2D eigenvalue weighted by Gasteiger charge is 2.48. The summed E-state index contributed by atoms with van der Waals surface area (Å²) < 4.78 is 10.9. The number of morpholine rings is 1. The van der Waals surface area contributed by atoms with Crippen molar-refractivity contribution in [1.82, 2.24) is 10.3 Å². The fourth-order valence-electron chi connectivity index (χ4n) is 2.43. The van der Waals surface area contributed by atoms with Crippen molar-refractivity contribution in [3.8, 4) is 0 Å². The molecular formula is C12H16N2O2. The van der Waals surface area contributed by atoms with Crippen LogP contribution in [-0.4, -0.2) is 44.0 Å². The summed E-state index contributed by atoms with van der Waals surface area (Å²) in [5.41, 5.74) is 1.13. The van der Waals surface area contributed by atoms with Gasteiger partial charge in [0, 0.05) is 18.8 Å². The molecule has 2 fully saturated rings. The van der Waals surface area contributed by atoms with Crippen LogP contribution < -0.4 is 5.32 Å². The minimum Gasteiger partial charge on any atom is -0.379 e. The monoisotopic (exact) mass is 220 g/mol. The Bertz CT molecular complexity index is 345. The predicted octanol–water partition coefficient (Wildman–Crippen LogP) is 0.338. The average Bonchev–Trinajstić information content (AvgIpc) is 2.31. The quantitative estimate of drug-likeness (QED) is 0.780. The number of hydrogen-bond donors (Lipinski definition) is 1. The Kier molecular flexibility index (Phi) is 2.63. The number of rotatable bonds is 2. The van der Waals surface area contributed by atoms with Crippen molar-refractivity contribution >= 4 is 0 Å². The molecule has 4 heteroatoms. The van der Waals surface area contributed by atoms with Crippen molar-refractivity contribution in [2.75, 3.05) is 33.0 Å². The Labute approximate surface area is 95.0 Å². The molecule has 1 aromatic rings. The first kappa shape index (κ1) is 10.2. The minimum atomic E-state index is 0.0156. The van der Waals surface area contributed by atoms with Crippen molar-refractivity contribution in [2.45, 2.75) is 11.5 Å². The summed E-state index contributed by atoms with van der Waals surface area (Å²) in [5, 5.41) is 3.52. The van der Waals surface area contributed by atoms with E-state index in [1.165, 1.54) is 0 Å². The number of ether oxygens (including phenoxy) is 2. The minimum absolute atomic E-state index is 0.0156. The Morgan fingerprint density at radius 1 is 1.31 bits per heavy atom. The first-order valence-corrected chi connectivity index (χ1v) is 5.72. The average molecular weight is 220 g/mol. The highest BCUT2D eigenvalue weighted by Crippen LogP contribution is 2.35.